The fourth-order valence-corrected chi connectivity index (χ4v) is 2.90. The molecule has 7 nitrogen and oxygen atoms in total. The maximum absolute atomic E-state index is 11.7. The Bertz CT molecular complexity index is 945. The Morgan fingerprint density at radius 3 is 2.72 bits per heavy atom. The van der Waals surface area contributed by atoms with Gasteiger partial charge in [-0.05, 0) is 38.6 Å². The standard InChI is InChI=1S/C18H21N3O4/c1-12-19-4-7-21(12)6-3-5-20(2)11-13-8-18(24)25-17-10-16(23)15(22)9-14(13)17/h4,7-10,22-23H,3,5-6,11H2,1-2H3. The number of hydrogen-bond acceptors (Lipinski definition) is 6. The lowest BCUT2D eigenvalue weighted by atomic mass is 10.1. The van der Waals surface area contributed by atoms with Crippen molar-refractivity contribution in [3.8, 4) is 11.5 Å². The Balaban J connectivity index is 1.72. The molecule has 0 aliphatic rings. The van der Waals surface area contributed by atoms with E-state index in [9.17, 15) is 15.0 Å². The summed E-state index contributed by atoms with van der Waals surface area (Å²) in [7, 11) is 1.97. The van der Waals surface area contributed by atoms with Crippen molar-refractivity contribution < 1.29 is 14.6 Å². The molecule has 2 N–H and O–H groups in total. The summed E-state index contributed by atoms with van der Waals surface area (Å²) in [6.45, 7) is 4.22. The van der Waals surface area contributed by atoms with Crippen LogP contribution in [-0.2, 0) is 13.1 Å². The second-order valence-corrected chi connectivity index (χ2v) is 6.19. The van der Waals surface area contributed by atoms with E-state index in [1.54, 1.807) is 6.20 Å². The third-order valence-electron chi connectivity index (χ3n) is 4.23. The van der Waals surface area contributed by atoms with Gasteiger partial charge in [0.1, 0.15) is 11.4 Å². The predicted octanol–water partition coefficient (Wildman–Crippen LogP) is 2.23. The first-order valence-electron chi connectivity index (χ1n) is 8.09. The number of hydrogen-bond donors (Lipinski definition) is 2. The van der Waals surface area contributed by atoms with Crippen molar-refractivity contribution in [2.75, 3.05) is 13.6 Å². The summed E-state index contributed by atoms with van der Waals surface area (Å²) in [5.41, 5.74) is 0.540. The Hall–Kier alpha value is -2.80. The van der Waals surface area contributed by atoms with Crippen LogP contribution < -0.4 is 5.63 Å². The molecule has 1 aromatic carbocycles. The summed E-state index contributed by atoms with van der Waals surface area (Å²) in [5.74, 6) is 0.447. The quantitative estimate of drug-likeness (QED) is 0.527. The molecule has 0 aliphatic heterocycles. The van der Waals surface area contributed by atoms with E-state index in [1.807, 2.05) is 20.2 Å². The molecule has 25 heavy (non-hydrogen) atoms. The Labute approximate surface area is 144 Å². The zero-order valence-electron chi connectivity index (χ0n) is 14.3. The van der Waals surface area contributed by atoms with Crippen LogP contribution in [0.25, 0.3) is 11.0 Å². The molecule has 132 valence electrons. The molecule has 0 bridgehead atoms. The molecular weight excluding hydrogens is 322 g/mol. The van der Waals surface area contributed by atoms with Gasteiger partial charge in [0.25, 0.3) is 0 Å². The zero-order chi connectivity index (χ0) is 18.0. The molecule has 0 unspecified atom stereocenters. The summed E-state index contributed by atoms with van der Waals surface area (Å²) in [6, 6.07) is 4.11. The Morgan fingerprint density at radius 1 is 1.24 bits per heavy atom. The fraction of sp³-hybridized carbons (Fsp3) is 0.333. The number of benzene rings is 1. The monoisotopic (exact) mass is 343 g/mol. The number of rotatable bonds is 6. The number of nitrogens with zero attached hydrogens (tertiary/aromatic N) is 3. The van der Waals surface area contributed by atoms with Crippen molar-refractivity contribution in [2.45, 2.75) is 26.4 Å². The number of fused-ring (bicyclic) bond motifs is 1. The van der Waals surface area contributed by atoms with E-state index in [0.717, 1.165) is 30.9 Å². The predicted molar refractivity (Wildman–Crippen MR) is 93.7 cm³/mol. The highest BCUT2D eigenvalue weighted by atomic mass is 16.4. The van der Waals surface area contributed by atoms with Gasteiger partial charge in [0.2, 0.25) is 0 Å². The highest BCUT2D eigenvalue weighted by Gasteiger charge is 2.12. The van der Waals surface area contributed by atoms with Gasteiger partial charge in [-0.25, -0.2) is 9.78 Å². The van der Waals surface area contributed by atoms with Crippen molar-refractivity contribution in [1.82, 2.24) is 14.5 Å². The lowest BCUT2D eigenvalue weighted by Crippen LogP contribution is -2.21. The lowest BCUT2D eigenvalue weighted by Gasteiger charge is -2.18. The van der Waals surface area contributed by atoms with Gasteiger partial charge in [0.15, 0.2) is 11.5 Å². The van der Waals surface area contributed by atoms with Gasteiger partial charge in [0, 0.05) is 43.0 Å². The van der Waals surface area contributed by atoms with Crippen molar-refractivity contribution in [3.63, 3.8) is 0 Å². The zero-order valence-corrected chi connectivity index (χ0v) is 14.3. The second kappa shape index (κ2) is 6.98. The van der Waals surface area contributed by atoms with Crippen LogP contribution in [0.1, 0.15) is 17.8 Å². The molecule has 0 aliphatic carbocycles. The SMILES string of the molecule is Cc1nccn1CCCN(C)Cc1cc(=O)oc2cc(O)c(O)cc12. The topological polar surface area (TPSA) is 91.7 Å². The number of aromatic nitrogens is 2. The van der Waals surface area contributed by atoms with Crippen molar-refractivity contribution in [1.29, 1.82) is 0 Å². The molecule has 0 radical (unpaired) electrons. The minimum absolute atomic E-state index is 0.235. The van der Waals surface area contributed by atoms with E-state index < -0.39 is 5.63 Å². The molecule has 7 heteroatoms. The first-order chi connectivity index (χ1) is 11.9. The number of aromatic hydroxyl groups is 2. The van der Waals surface area contributed by atoms with E-state index in [-0.39, 0.29) is 17.1 Å². The van der Waals surface area contributed by atoms with Gasteiger partial charge < -0.3 is 24.1 Å². The minimum atomic E-state index is -0.477. The van der Waals surface area contributed by atoms with Gasteiger partial charge in [-0.15, -0.1) is 0 Å². The van der Waals surface area contributed by atoms with E-state index in [1.165, 1.54) is 18.2 Å². The molecule has 0 fully saturated rings. The number of aryl methyl sites for hydroxylation is 2. The van der Waals surface area contributed by atoms with Crippen molar-refractivity contribution >= 4 is 11.0 Å². The van der Waals surface area contributed by atoms with Crippen LogP contribution in [0.2, 0.25) is 0 Å². The Kier molecular flexibility index (Phi) is 4.76. The van der Waals surface area contributed by atoms with Crippen molar-refractivity contribution in [3.05, 3.63) is 52.4 Å². The number of phenols is 2. The van der Waals surface area contributed by atoms with E-state index in [0.29, 0.717) is 11.9 Å². The summed E-state index contributed by atoms with van der Waals surface area (Å²) < 4.78 is 7.21. The minimum Gasteiger partial charge on any atom is -0.504 e. The van der Waals surface area contributed by atoms with Gasteiger partial charge in [0.05, 0.1) is 0 Å². The van der Waals surface area contributed by atoms with Gasteiger partial charge in [-0.2, -0.15) is 0 Å². The highest BCUT2D eigenvalue weighted by molar-refractivity contribution is 5.83. The molecule has 3 aromatic rings. The maximum atomic E-state index is 11.7. The molecule has 0 saturated heterocycles. The normalized spacial score (nSPS) is 11.5. The van der Waals surface area contributed by atoms with Gasteiger partial charge in [-0.3, -0.25) is 0 Å². The van der Waals surface area contributed by atoms with Gasteiger partial charge in [-0.1, -0.05) is 0 Å². The highest BCUT2D eigenvalue weighted by Crippen LogP contribution is 2.31. The second-order valence-electron chi connectivity index (χ2n) is 6.19. The third-order valence-corrected chi connectivity index (χ3v) is 4.23. The number of phenolic OH excluding ortho intramolecular Hbond substituents is 2. The Morgan fingerprint density at radius 2 is 2.00 bits per heavy atom. The van der Waals surface area contributed by atoms with E-state index >= 15 is 0 Å². The van der Waals surface area contributed by atoms with Crippen LogP contribution in [0.15, 0.2) is 39.8 Å². The average Bonchev–Trinajstić information content (AvgIpc) is 2.94. The first kappa shape index (κ1) is 17.0. The molecule has 0 atom stereocenters. The van der Waals surface area contributed by atoms with Crippen LogP contribution in [0, 0.1) is 6.92 Å². The summed E-state index contributed by atoms with van der Waals surface area (Å²) in [5, 5.41) is 19.9. The van der Waals surface area contributed by atoms with Crippen LogP contribution in [0.4, 0.5) is 0 Å². The van der Waals surface area contributed by atoms with Gasteiger partial charge >= 0.3 is 5.63 Å². The van der Waals surface area contributed by atoms with Crippen LogP contribution in [-0.4, -0.2) is 38.3 Å². The molecule has 2 heterocycles. The average molecular weight is 343 g/mol. The number of imidazole rings is 1. The molecule has 3 rings (SSSR count). The smallest absolute Gasteiger partial charge is 0.336 e. The summed E-state index contributed by atoms with van der Waals surface area (Å²) >= 11 is 0. The molecular formula is C18H21N3O4. The first-order valence-corrected chi connectivity index (χ1v) is 8.09. The lowest BCUT2D eigenvalue weighted by molar-refractivity contribution is 0.314. The molecule has 0 saturated carbocycles. The maximum Gasteiger partial charge on any atom is 0.336 e. The fourth-order valence-electron chi connectivity index (χ4n) is 2.90. The van der Waals surface area contributed by atoms with Crippen LogP contribution >= 0.6 is 0 Å². The summed E-state index contributed by atoms with van der Waals surface area (Å²) in [6.07, 6.45) is 4.69. The van der Waals surface area contributed by atoms with E-state index in [4.69, 9.17) is 4.42 Å². The summed E-state index contributed by atoms with van der Waals surface area (Å²) in [4.78, 5) is 18.1. The third kappa shape index (κ3) is 3.83. The van der Waals surface area contributed by atoms with Crippen LogP contribution in [0.3, 0.4) is 0 Å². The molecule has 0 amide bonds. The van der Waals surface area contributed by atoms with Crippen LogP contribution in [0.5, 0.6) is 11.5 Å². The largest absolute Gasteiger partial charge is 0.504 e. The van der Waals surface area contributed by atoms with Crippen molar-refractivity contribution in [2.24, 2.45) is 0 Å². The molecule has 2 aromatic heterocycles. The van der Waals surface area contributed by atoms with E-state index in [2.05, 4.69) is 14.5 Å². The molecule has 0 spiro atoms.